The van der Waals surface area contributed by atoms with Crippen molar-refractivity contribution >= 4 is 11.8 Å². The number of rotatable bonds is 5. The smallest absolute Gasteiger partial charge is 0.262 e. The number of ether oxygens (including phenoxy) is 2. The molecular weight excluding hydrogens is 362 g/mol. The molecule has 142 valence electrons. The van der Waals surface area contributed by atoms with Crippen LogP contribution in [0.15, 0.2) is 47.0 Å². The van der Waals surface area contributed by atoms with Gasteiger partial charge in [-0.05, 0) is 31.2 Å². The molecule has 0 fully saturated rings. The van der Waals surface area contributed by atoms with Crippen LogP contribution in [0.5, 0.6) is 11.5 Å². The van der Waals surface area contributed by atoms with Gasteiger partial charge in [-0.3, -0.25) is 14.5 Å². The molecule has 3 aromatic rings. The van der Waals surface area contributed by atoms with Crippen LogP contribution >= 0.6 is 0 Å². The van der Waals surface area contributed by atoms with Gasteiger partial charge in [0.2, 0.25) is 11.7 Å². The Balaban J connectivity index is 1.65. The molecule has 8 nitrogen and oxygen atoms in total. The van der Waals surface area contributed by atoms with Gasteiger partial charge in [-0.25, -0.2) is 0 Å². The number of aromatic nitrogens is 2. The molecule has 0 N–H and O–H groups in total. The molecule has 0 saturated heterocycles. The standard InChI is InChI=1S/C20H17N3O5/c1-11(23-19(24)15-6-4-5-7-16(15)20(23)25)18-21-17(22-28-18)12-8-13(26-2)10-14(9-12)27-3/h4-11H,1-3H3/t11-/m0/s1. The van der Waals surface area contributed by atoms with Crippen LogP contribution in [0.2, 0.25) is 0 Å². The average Bonchev–Trinajstić information content (AvgIpc) is 3.32. The molecule has 0 saturated carbocycles. The molecule has 0 aliphatic carbocycles. The van der Waals surface area contributed by atoms with E-state index in [9.17, 15) is 9.59 Å². The molecule has 1 aromatic heterocycles. The van der Waals surface area contributed by atoms with Crippen LogP contribution in [-0.4, -0.2) is 41.1 Å². The maximum Gasteiger partial charge on any atom is 0.262 e. The fourth-order valence-corrected chi connectivity index (χ4v) is 3.13. The van der Waals surface area contributed by atoms with E-state index in [0.29, 0.717) is 34.0 Å². The van der Waals surface area contributed by atoms with Crippen molar-refractivity contribution in [1.29, 1.82) is 0 Å². The Morgan fingerprint density at radius 3 is 2.07 bits per heavy atom. The van der Waals surface area contributed by atoms with Gasteiger partial charge < -0.3 is 14.0 Å². The Labute approximate surface area is 160 Å². The lowest BCUT2D eigenvalue weighted by molar-refractivity contribution is 0.0568. The highest BCUT2D eigenvalue weighted by atomic mass is 16.5. The van der Waals surface area contributed by atoms with E-state index in [1.54, 1.807) is 63.6 Å². The normalized spacial score (nSPS) is 14.2. The van der Waals surface area contributed by atoms with Gasteiger partial charge >= 0.3 is 0 Å². The third kappa shape index (κ3) is 2.79. The van der Waals surface area contributed by atoms with E-state index in [4.69, 9.17) is 14.0 Å². The largest absolute Gasteiger partial charge is 0.497 e. The first kappa shape index (κ1) is 17.7. The van der Waals surface area contributed by atoms with Crippen LogP contribution < -0.4 is 9.47 Å². The van der Waals surface area contributed by atoms with Crippen LogP contribution in [0, 0.1) is 0 Å². The summed E-state index contributed by atoms with van der Waals surface area (Å²) in [4.78, 5) is 30.8. The summed E-state index contributed by atoms with van der Waals surface area (Å²) in [5.41, 5.74) is 1.37. The topological polar surface area (TPSA) is 94.8 Å². The van der Waals surface area contributed by atoms with Gasteiger partial charge in [0.1, 0.15) is 17.5 Å². The summed E-state index contributed by atoms with van der Waals surface area (Å²) >= 11 is 0. The molecule has 0 radical (unpaired) electrons. The summed E-state index contributed by atoms with van der Waals surface area (Å²) in [6, 6.07) is 11.2. The Hall–Kier alpha value is -3.68. The van der Waals surface area contributed by atoms with Crippen molar-refractivity contribution in [1.82, 2.24) is 15.0 Å². The number of carbonyl (C=O) groups is 2. The molecule has 2 amide bonds. The van der Waals surface area contributed by atoms with Gasteiger partial charge in [-0.15, -0.1) is 0 Å². The molecular formula is C20H17N3O5. The Morgan fingerprint density at radius 1 is 0.964 bits per heavy atom. The highest BCUT2D eigenvalue weighted by molar-refractivity contribution is 6.21. The molecule has 1 aliphatic heterocycles. The number of benzene rings is 2. The number of methoxy groups -OCH3 is 2. The second-order valence-corrected chi connectivity index (χ2v) is 6.26. The fourth-order valence-electron chi connectivity index (χ4n) is 3.13. The van der Waals surface area contributed by atoms with Crippen molar-refractivity contribution in [3.05, 3.63) is 59.5 Å². The number of hydrogen-bond donors (Lipinski definition) is 0. The summed E-state index contributed by atoms with van der Waals surface area (Å²) in [5.74, 6) is 0.858. The molecule has 0 bridgehead atoms. The summed E-state index contributed by atoms with van der Waals surface area (Å²) in [5, 5.41) is 3.98. The average molecular weight is 379 g/mol. The Kier molecular flexibility index (Phi) is 4.31. The summed E-state index contributed by atoms with van der Waals surface area (Å²) < 4.78 is 15.9. The first-order valence-electron chi connectivity index (χ1n) is 8.57. The predicted octanol–water partition coefficient (Wildman–Crippen LogP) is 3.11. The third-order valence-electron chi connectivity index (χ3n) is 4.62. The first-order chi connectivity index (χ1) is 13.5. The zero-order chi connectivity index (χ0) is 19.8. The molecule has 0 unspecified atom stereocenters. The van der Waals surface area contributed by atoms with E-state index in [1.165, 1.54) is 0 Å². The van der Waals surface area contributed by atoms with Crippen LogP contribution in [-0.2, 0) is 0 Å². The number of fused-ring (bicyclic) bond motifs is 1. The molecule has 1 atom stereocenters. The summed E-state index contributed by atoms with van der Waals surface area (Å²) in [6.45, 7) is 1.67. The number of imide groups is 1. The minimum absolute atomic E-state index is 0.159. The van der Waals surface area contributed by atoms with E-state index in [2.05, 4.69) is 10.1 Å². The van der Waals surface area contributed by atoms with Crippen molar-refractivity contribution < 1.29 is 23.6 Å². The molecule has 1 aliphatic rings. The Morgan fingerprint density at radius 2 is 1.54 bits per heavy atom. The van der Waals surface area contributed by atoms with Crippen molar-refractivity contribution in [3.8, 4) is 22.9 Å². The van der Waals surface area contributed by atoms with Gasteiger partial charge in [0.25, 0.3) is 11.8 Å². The lowest BCUT2D eigenvalue weighted by Crippen LogP contribution is -2.32. The number of nitrogens with zero attached hydrogens (tertiary/aromatic N) is 3. The van der Waals surface area contributed by atoms with E-state index < -0.39 is 6.04 Å². The monoisotopic (exact) mass is 379 g/mol. The Bertz CT molecular complexity index is 1020. The van der Waals surface area contributed by atoms with Gasteiger partial charge in [-0.2, -0.15) is 4.98 Å². The fraction of sp³-hybridized carbons (Fsp3) is 0.200. The molecule has 4 rings (SSSR count). The summed E-state index contributed by atoms with van der Waals surface area (Å²) in [7, 11) is 3.09. The lowest BCUT2D eigenvalue weighted by Gasteiger charge is -2.18. The number of carbonyl (C=O) groups excluding carboxylic acids is 2. The van der Waals surface area contributed by atoms with Crippen molar-refractivity contribution in [2.75, 3.05) is 14.2 Å². The molecule has 0 spiro atoms. The van der Waals surface area contributed by atoms with Gasteiger partial charge in [0.05, 0.1) is 25.3 Å². The van der Waals surface area contributed by atoms with Crippen molar-refractivity contribution in [2.45, 2.75) is 13.0 Å². The molecule has 2 heterocycles. The summed E-state index contributed by atoms with van der Waals surface area (Å²) in [6.07, 6.45) is 0. The lowest BCUT2D eigenvalue weighted by atomic mass is 10.1. The molecule has 28 heavy (non-hydrogen) atoms. The third-order valence-corrected chi connectivity index (χ3v) is 4.62. The van der Waals surface area contributed by atoms with Gasteiger partial charge in [-0.1, -0.05) is 17.3 Å². The first-order valence-corrected chi connectivity index (χ1v) is 8.57. The van der Waals surface area contributed by atoms with Crippen LogP contribution in [0.25, 0.3) is 11.4 Å². The van der Waals surface area contributed by atoms with Crippen molar-refractivity contribution in [3.63, 3.8) is 0 Å². The van der Waals surface area contributed by atoms with Crippen molar-refractivity contribution in [2.24, 2.45) is 0 Å². The maximum absolute atomic E-state index is 12.6. The van der Waals surface area contributed by atoms with Crippen LogP contribution in [0.1, 0.15) is 39.6 Å². The van der Waals surface area contributed by atoms with Gasteiger partial charge in [0, 0.05) is 11.6 Å². The maximum atomic E-state index is 12.6. The zero-order valence-electron chi connectivity index (χ0n) is 15.5. The van der Waals surface area contributed by atoms with E-state index in [1.807, 2.05) is 0 Å². The minimum Gasteiger partial charge on any atom is -0.497 e. The number of hydrogen-bond acceptors (Lipinski definition) is 7. The second kappa shape index (κ2) is 6.80. The predicted molar refractivity (Wildman–Crippen MR) is 98.2 cm³/mol. The highest BCUT2D eigenvalue weighted by Crippen LogP contribution is 2.32. The molecule has 2 aromatic carbocycles. The minimum atomic E-state index is -0.707. The second-order valence-electron chi connectivity index (χ2n) is 6.26. The zero-order valence-corrected chi connectivity index (χ0v) is 15.5. The quantitative estimate of drug-likeness (QED) is 0.629. The highest BCUT2D eigenvalue weighted by Gasteiger charge is 2.40. The van der Waals surface area contributed by atoms with Gasteiger partial charge in [0.15, 0.2) is 0 Å². The SMILES string of the molecule is COc1cc(OC)cc(-c2noc([C@H](C)N3C(=O)c4ccccc4C3=O)n2)c1. The van der Waals surface area contributed by atoms with Crippen LogP contribution in [0.3, 0.4) is 0 Å². The molecule has 8 heteroatoms. The van der Waals surface area contributed by atoms with E-state index in [0.717, 1.165) is 4.90 Å². The van der Waals surface area contributed by atoms with Crippen LogP contribution in [0.4, 0.5) is 0 Å². The number of amides is 2. The van der Waals surface area contributed by atoms with E-state index in [-0.39, 0.29) is 17.7 Å². The van der Waals surface area contributed by atoms with E-state index >= 15 is 0 Å².